The van der Waals surface area contributed by atoms with Crippen LogP contribution in [0.25, 0.3) is 0 Å². The number of rotatable bonds is 0. The summed E-state index contributed by atoms with van der Waals surface area (Å²) in [5.41, 5.74) is 5.21. The summed E-state index contributed by atoms with van der Waals surface area (Å²) in [6.07, 6.45) is -0.106. The van der Waals surface area contributed by atoms with Crippen molar-refractivity contribution in [2.45, 2.75) is 18.4 Å². The summed E-state index contributed by atoms with van der Waals surface area (Å²) in [6, 6.07) is -0.980. The van der Waals surface area contributed by atoms with Gasteiger partial charge in [0.25, 0.3) is 5.92 Å². The number of likely N-dealkylation sites (tertiary alicyclic amines) is 1. The topological polar surface area (TPSA) is 29.3 Å². The SMILES string of the molecule is CN1CCC(F)(F)C(N)C1.Cl.Cl. The maximum absolute atomic E-state index is 12.6. The molecule has 1 saturated heterocycles. The fraction of sp³-hybridized carbons (Fsp3) is 1.00. The Morgan fingerprint density at radius 1 is 1.42 bits per heavy atom. The molecular weight excluding hydrogens is 209 g/mol. The predicted octanol–water partition coefficient (Wildman–Crippen LogP) is 1.13. The lowest BCUT2D eigenvalue weighted by atomic mass is 10.0. The molecule has 1 atom stereocenters. The highest BCUT2D eigenvalue weighted by Gasteiger charge is 2.40. The molecule has 2 nitrogen and oxygen atoms in total. The van der Waals surface area contributed by atoms with Gasteiger partial charge in [-0.2, -0.15) is 0 Å². The molecule has 12 heavy (non-hydrogen) atoms. The van der Waals surface area contributed by atoms with Crippen molar-refractivity contribution in [3.63, 3.8) is 0 Å². The molecule has 0 saturated carbocycles. The number of hydrogen-bond donors (Lipinski definition) is 1. The number of halogens is 4. The van der Waals surface area contributed by atoms with E-state index in [4.69, 9.17) is 5.73 Å². The van der Waals surface area contributed by atoms with Crippen LogP contribution in [0.2, 0.25) is 0 Å². The van der Waals surface area contributed by atoms with Crippen LogP contribution in [-0.4, -0.2) is 37.0 Å². The number of hydrogen-bond acceptors (Lipinski definition) is 2. The Bertz CT molecular complexity index is 135. The molecule has 0 amide bonds. The van der Waals surface area contributed by atoms with Gasteiger partial charge in [-0.3, -0.25) is 0 Å². The van der Waals surface area contributed by atoms with Crippen LogP contribution in [0.1, 0.15) is 6.42 Å². The van der Waals surface area contributed by atoms with Gasteiger partial charge >= 0.3 is 0 Å². The van der Waals surface area contributed by atoms with E-state index in [1.165, 1.54) is 0 Å². The zero-order valence-corrected chi connectivity index (χ0v) is 8.43. The maximum atomic E-state index is 12.6. The predicted molar refractivity (Wildman–Crippen MR) is 49.5 cm³/mol. The van der Waals surface area contributed by atoms with E-state index in [1.807, 2.05) is 4.90 Å². The van der Waals surface area contributed by atoms with Gasteiger partial charge in [-0.1, -0.05) is 0 Å². The van der Waals surface area contributed by atoms with E-state index in [1.54, 1.807) is 7.05 Å². The van der Waals surface area contributed by atoms with Crippen LogP contribution in [0, 0.1) is 0 Å². The quantitative estimate of drug-likeness (QED) is 0.666. The summed E-state index contributed by atoms with van der Waals surface area (Å²) in [5, 5.41) is 0. The molecule has 76 valence electrons. The van der Waals surface area contributed by atoms with E-state index >= 15 is 0 Å². The largest absolute Gasteiger partial charge is 0.322 e. The number of nitrogens with zero attached hydrogens (tertiary/aromatic N) is 1. The molecule has 0 aliphatic carbocycles. The monoisotopic (exact) mass is 222 g/mol. The smallest absolute Gasteiger partial charge is 0.265 e. The third kappa shape index (κ3) is 3.39. The summed E-state index contributed by atoms with van der Waals surface area (Å²) in [5.74, 6) is -2.65. The second-order valence-electron chi connectivity index (χ2n) is 2.88. The van der Waals surface area contributed by atoms with Crippen molar-refractivity contribution in [3.8, 4) is 0 Å². The van der Waals surface area contributed by atoms with E-state index < -0.39 is 12.0 Å². The molecule has 1 heterocycles. The molecule has 1 unspecified atom stereocenters. The van der Waals surface area contributed by atoms with Gasteiger partial charge in [0.2, 0.25) is 0 Å². The van der Waals surface area contributed by atoms with Crippen molar-refractivity contribution in [1.29, 1.82) is 0 Å². The lowest BCUT2D eigenvalue weighted by Gasteiger charge is -2.33. The Morgan fingerprint density at radius 3 is 2.25 bits per heavy atom. The molecule has 0 bridgehead atoms. The van der Waals surface area contributed by atoms with Gasteiger partial charge in [0.1, 0.15) is 0 Å². The minimum Gasteiger partial charge on any atom is -0.322 e. The maximum Gasteiger partial charge on any atom is 0.265 e. The normalized spacial score (nSPS) is 28.5. The molecule has 1 fully saturated rings. The van der Waals surface area contributed by atoms with Gasteiger partial charge in [0.05, 0.1) is 6.04 Å². The van der Waals surface area contributed by atoms with Gasteiger partial charge in [0, 0.05) is 19.5 Å². The standard InChI is InChI=1S/C6H12F2N2.2ClH/c1-10-3-2-6(7,8)5(9)4-10;;/h5H,2-4,9H2,1H3;2*1H. The van der Waals surface area contributed by atoms with Crippen molar-refractivity contribution in [1.82, 2.24) is 4.90 Å². The molecule has 0 radical (unpaired) electrons. The van der Waals surface area contributed by atoms with Crippen LogP contribution in [-0.2, 0) is 0 Å². The van der Waals surface area contributed by atoms with E-state index in [2.05, 4.69) is 0 Å². The van der Waals surface area contributed by atoms with E-state index in [0.29, 0.717) is 13.1 Å². The average molecular weight is 223 g/mol. The molecule has 1 aliphatic rings. The van der Waals surface area contributed by atoms with Gasteiger partial charge in [0.15, 0.2) is 0 Å². The van der Waals surface area contributed by atoms with Crippen molar-refractivity contribution in [2.75, 3.05) is 20.1 Å². The molecule has 2 N–H and O–H groups in total. The van der Waals surface area contributed by atoms with Crippen LogP contribution in [0.15, 0.2) is 0 Å². The second kappa shape index (κ2) is 5.17. The number of piperidine rings is 1. The van der Waals surface area contributed by atoms with Gasteiger partial charge in [-0.25, -0.2) is 8.78 Å². The van der Waals surface area contributed by atoms with Crippen molar-refractivity contribution < 1.29 is 8.78 Å². The molecule has 0 spiro atoms. The molecule has 1 aliphatic heterocycles. The van der Waals surface area contributed by atoms with Crippen LogP contribution >= 0.6 is 24.8 Å². The van der Waals surface area contributed by atoms with Gasteiger partial charge in [-0.05, 0) is 7.05 Å². The molecule has 1 rings (SSSR count). The first-order valence-electron chi connectivity index (χ1n) is 3.34. The number of nitrogens with two attached hydrogens (primary N) is 1. The Balaban J connectivity index is 0. The molecular formula is C6H14Cl2F2N2. The summed E-state index contributed by atoms with van der Waals surface area (Å²) >= 11 is 0. The van der Waals surface area contributed by atoms with Crippen LogP contribution in [0.3, 0.4) is 0 Å². The van der Waals surface area contributed by atoms with E-state index in [0.717, 1.165) is 0 Å². The second-order valence-corrected chi connectivity index (χ2v) is 2.88. The Hall–Kier alpha value is 0.360. The molecule has 0 aromatic carbocycles. The fourth-order valence-electron chi connectivity index (χ4n) is 1.09. The highest BCUT2D eigenvalue weighted by Crippen LogP contribution is 2.25. The van der Waals surface area contributed by atoms with Crippen molar-refractivity contribution in [3.05, 3.63) is 0 Å². The summed E-state index contributed by atoms with van der Waals surface area (Å²) in [6.45, 7) is 0.744. The lowest BCUT2D eigenvalue weighted by Crippen LogP contribution is -2.54. The van der Waals surface area contributed by atoms with Crippen molar-refractivity contribution in [2.24, 2.45) is 5.73 Å². The van der Waals surface area contributed by atoms with Crippen LogP contribution in [0.5, 0.6) is 0 Å². The van der Waals surface area contributed by atoms with Crippen LogP contribution in [0.4, 0.5) is 8.78 Å². The summed E-state index contributed by atoms with van der Waals surface area (Å²) in [4.78, 5) is 1.82. The molecule has 0 aromatic heterocycles. The Morgan fingerprint density at radius 2 is 1.92 bits per heavy atom. The van der Waals surface area contributed by atoms with Gasteiger partial charge in [-0.15, -0.1) is 24.8 Å². The lowest BCUT2D eigenvalue weighted by molar-refractivity contribution is -0.0679. The highest BCUT2D eigenvalue weighted by atomic mass is 35.5. The Labute approximate surface area is 83.3 Å². The van der Waals surface area contributed by atoms with E-state index in [-0.39, 0.29) is 31.2 Å². The molecule has 0 aromatic rings. The zero-order chi connectivity index (χ0) is 7.78. The minimum atomic E-state index is -2.65. The average Bonchev–Trinajstić information content (AvgIpc) is 1.81. The summed E-state index contributed by atoms with van der Waals surface area (Å²) < 4.78 is 25.2. The van der Waals surface area contributed by atoms with E-state index in [9.17, 15) is 8.78 Å². The molecule has 6 heteroatoms. The Kier molecular flexibility index (Phi) is 6.40. The fourth-order valence-corrected chi connectivity index (χ4v) is 1.09. The first kappa shape index (κ1) is 14.9. The van der Waals surface area contributed by atoms with Crippen LogP contribution < -0.4 is 5.73 Å². The van der Waals surface area contributed by atoms with Crippen molar-refractivity contribution >= 4 is 24.8 Å². The third-order valence-corrected chi connectivity index (χ3v) is 1.88. The zero-order valence-electron chi connectivity index (χ0n) is 6.80. The third-order valence-electron chi connectivity index (χ3n) is 1.88. The highest BCUT2D eigenvalue weighted by molar-refractivity contribution is 5.85. The number of likely N-dealkylation sites (N-methyl/N-ethyl adjacent to an activating group) is 1. The minimum absolute atomic E-state index is 0. The first-order valence-corrected chi connectivity index (χ1v) is 3.34. The number of alkyl halides is 2. The summed E-state index contributed by atoms with van der Waals surface area (Å²) in [7, 11) is 1.80. The first-order chi connectivity index (χ1) is 4.52. The van der Waals surface area contributed by atoms with Gasteiger partial charge < -0.3 is 10.6 Å².